The molecule has 106 valence electrons. The van der Waals surface area contributed by atoms with Crippen LogP contribution in [0.3, 0.4) is 0 Å². The highest BCUT2D eigenvalue weighted by Crippen LogP contribution is 2.24. The van der Waals surface area contributed by atoms with Crippen molar-refractivity contribution in [1.29, 1.82) is 0 Å². The van der Waals surface area contributed by atoms with Crippen LogP contribution in [0.2, 0.25) is 0 Å². The number of benzene rings is 1. The van der Waals surface area contributed by atoms with Crippen molar-refractivity contribution in [3.8, 4) is 11.4 Å². The molecule has 1 heterocycles. The fourth-order valence-electron chi connectivity index (χ4n) is 2.20. The Morgan fingerprint density at radius 3 is 2.50 bits per heavy atom. The molecular weight excluding hydrogens is 254 g/mol. The van der Waals surface area contributed by atoms with Gasteiger partial charge in [-0.15, -0.1) is 0 Å². The van der Waals surface area contributed by atoms with Gasteiger partial charge in [0.25, 0.3) is 0 Å². The molecular formula is C15H19N3O2. The maximum absolute atomic E-state index is 10.6. The first-order valence-electron chi connectivity index (χ1n) is 6.58. The third kappa shape index (κ3) is 2.87. The van der Waals surface area contributed by atoms with Gasteiger partial charge in [0.1, 0.15) is 0 Å². The lowest BCUT2D eigenvalue weighted by molar-refractivity contribution is -0.137. The largest absolute Gasteiger partial charge is 0.481 e. The van der Waals surface area contributed by atoms with E-state index >= 15 is 0 Å². The third-order valence-corrected chi connectivity index (χ3v) is 3.45. The lowest BCUT2D eigenvalue weighted by Crippen LogP contribution is -1.99. The molecule has 0 amide bonds. The van der Waals surface area contributed by atoms with Crippen LogP contribution in [0.5, 0.6) is 0 Å². The summed E-state index contributed by atoms with van der Waals surface area (Å²) in [7, 11) is 1.83. The molecule has 0 unspecified atom stereocenters. The summed E-state index contributed by atoms with van der Waals surface area (Å²) in [6, 6.07) is 4.24. The highest BCUT2D eigenvalue weighted by atomic mass is 16.4. The standard InChI is InChI=1S/C15H19N3O2/c1-9-7-11(3)12(8-10(9)2)15-16-13(17-18(15)4)5-6-14(19)20/h7-8H,5-6H2,1-4H3,(H,19,20). The SMILES string of the molecule is Cc1cc(C)c(-c2nc(CCC(=O)O)nn2C)cc1C. The zero-order valence-electron chi connectivity index (χ0n) is 12.3. The van der Waals surface area contributed by atoms with Crippen LogP contribution in [0.1, 0.15) is 28.9 Å². The molecule has 5 heteroatoms. The fraction of sp³-hybridized carbons (Fsp3) is 0.400. The predicted molar refractivity (Wildman–Crippen MR) is 76.6 cm³/mol. The Hall–Kier alpha value is -2.17. The molecule has 0 aliphatic heterocycles. The zero-order chi connectivity index (χ0) is 14.9. The minimum atomic E-state index is -0.832. The van der Waals surface area contributed by atoms with E-state index in [1.807, 2.05) is 14.0 Å². The Kier molecular flexibility index (Phi) is 3.88. The number of aliphatic carboxylic acids is 1. The van der Waals surface area contributed by atoms with Gasteiger partial charge in [-0.25, -0.2) is 9.67 Å². The number of carbonyl (C=O) groups is 1. The lowest BCUT2D eigenvalue weighted by Gasteiger charge is -2.08. The molecule has 5 nitrogen and oxygen atoms in total. The van der Waals surface area contributed by atoms with Gasteiger partial charge in [0.15, 0.2) is 11.6 Å². The van der Waals surface area contributed by atoms with Gasteiger partial charge in [-0.05, 0) is 43.5 Å². The van der Waals surface area contributed by atoms with Crippen LogP contribution in [0.4, 0.5) is 0 Å². The van der Waals surface area contributed by atoms with Crippen molar-refractivity contribution in [1.82, 2.24) is 14.8 Å². The molecule has 0 fully saturated rings. The molecule has 0 aliphatic rings. The van der Waals surface area contributed by atoms with Crippen LogP contribution >= 0.6 is 0 Å². The molecule has 1 aromatic carbocycles. The maximum Gasteiger partial charge on any atom is 0.303 e. The van der Waals surface area contributed by atoms with Crippen LogP contribution in [-0.4, -0.2) is 25.8 Å². The van der Waals surface area contributed by atoms with E-state index in [9.17, 15) is 4.79 Å². The number of aryl methyl sites for hydroxylation is 5. The van der Waals surface area contributed by atoms with Crippen LogP contribution in [-0.2, 0) is 18.3 Å². The van der Waals surface area contributed by atoms with Gasteiger partial charge in [-0.3, -0.25) is 4.79 Å². The van der Waals surface area contributed by atoms with Gasteiger partial charge in [0.05, 0.1) is 6.42 Å². The second-order valence-electron chi connectivity index (χ2n) is 5.12. The molecule has 2 rings (SSSR count). The average molecular weight is 273 g/mol. The number of carboxylic acids is 1. The topological polar surface area (TPSA) is 68.0 Å². The van der Waals surface area contributed by atoms with Crippen LogP contribution in [0.15, 0.2) is 12.1 Å². The summed E-state index contributed by atoms with van der Waals surface area (Å²) in [6.45, 7) is 6.20. The van der Waals surface area contributed by atoms with Crippen molar-refractivity contribution in [2.45, 2.75) is 33.6 Å². The van der Waals surface area contributed by atoms with Gasteiger partial charge in [-0.2, -0.15) is 5.10 Å². The van der Waals surface area contributed by atoms with Crippen molar-refractivity contribution in [3.63, 3.8) is 0 Å². The summed E-state index contributed by atoms with van der Waals surface area (Å²) in [5.41, 5.74) is 4.65. The van der Waals surface area contributed by atoms with Gasteiger partial charge in [0.2, 0.25) is 0 Å². The normalized spacial score (nSPS) is 10.8. The van der Waals surface area contributed by atoms with Crippen molar-refractivity contribution >= 4 is 5.97 Å². The molecule has 0 spiro atoms. The van der Waals surface area contributed by atoms with Crippen LogP contribution < -0.4 is 0 Å². The number of hydrogen-bond donors (Lipinski definition) is 1. The van der Waals surface area contributed by atoms with Crippen molar-refractivity contribution in [2.75, 3.05) is 0 Å². The van der Waals surface area contributed by atoms with Crippen molar-refractivity contribution < 1.29 is 9.90 Å². The molecule has 1 aromatic heterocycles. The first-order chi connectivity index (χ1) is 9.38. The lowest BCUT2D eigenvalue weighted by atomic mass is 10.0. The Morgan fingerprint density at radius 1 is 1.20 bits per heavy atom. The monoisotopic (exact) mass is 273 g/mol. The molecule has 0 aliphatic carbocycles. The molecule has 0 atom stereocenters. The maximum atomic E-state index is 10.6. The molecule has 1 N–H and O–H groups in total. The molecule has 0 bridgehead atoms. The molecule has 0 saturated heterocycles. The Balaban J connectivity index is 2.38. The predicted octanol–water partition coefficient (Wildman–Crippen LogP) is 2.42. The van der Waals surface area contributed by atoms with Crippen LogP contribution in [0.25, 0.3) is 11.4 Å². The number of carboxylic acid groups (broad SMARTS) is 1. The average Bonchev–Trinajstić information content (AvgIpc) is 2.72. The third-order valence-electron chi connectivity index (χ3n) is 3.45. The second-order valence-corrected chi connectivity index (χ2v) is 5.12. The summed E-state index contributed by atoms with van der Waals surface area (Å²) >= 11 is 0. The minimum absolute atomic E-state index is 0.0510. The van der Waals surface area contributed by atoms with E-state index in [1.165, 1.54) is 11.1 Å². The van der Waals surface area contributed by atoms with Crippen molar-refractivity contribution in [2.24, 2.45) is 7.05 Å². The summed E-state index contributed by atoms with van der Waals surface area (Å²) in [5, 5.41) is 13.0. The second kappa shape index (κ2) is 5.45. The first-order valence-corrected chi connectivity index (χ1v) is 6.58. The number of aromatic nitrogens is 3. The molecule has 0 saturated carbocycles. The Labute approximate surface area is 118 Å². The smallest absolute Gasteiger partial charge is 0.303 e. The van der Waals surface area contributed by atoms with E-state index in [1.54, 1.807) is 4.68 Å². The molecule has 0 radical (unpaired) electrons. The fourth-order valence-corrected chi connectivity index (χ4v) is 2.20. The van der Waals surface area contributed by atoms with E-state index in [-0.39, 0.29) is 6.42 Å². The molecule has 20 heavy (non-hydrogen) atoms. The quantitative estimate of drug-likeness (QED) is 0.929. The van der Waals surface area contributed by atoms with Gasteiger partial charge < -0.3 is 5.11 Å². The number of hydrogen-bond acceptors (Lipinski definition) is 3. The van der Waals surface area contributed by atoms with Crippen LogP contribution in [0, 0.1) is 20.8 Å². The Bertz CT molecular complexity index is 659. The zero-order valence-corrected chi connectivity index (χ0v) is 12.3. The minimum Gasteiger partial charge on any atom is -0.481 e. The number of nitrogens with zero attached hydrogens (tertiary/aromatic N) is 3. The van der Waals surface area contributed by atoms with Gasteiger partial charge in [0, 0.05) is 19.0 Å². The summed E-state index contributed by atoms with van der Waals surface area (Å²) in [4.78, 5) is 15.1. The van der Waals surface area contributed by atoms with E-state index < -0.39 is 5.97 Å². The highest BCUT2D eigenvalue weighted by Gasteiger charge is 2.13. The van der Waals surface area contributed by atoms with E-state index in [0.29, 0.717) is 12.2 Å². The van der Waals surface area contributed by atoms with Crippen molar-refractivity contribution in [3.05, 3.63) is 34.6 Å². The summed E-state index contributed by atoms with van der Waals surface area (Å²) < 4.78 is 1.72. The van der Waals surface area contributed by atoms with Gasteiger partial charge in [-0.1, -0.05) is 6.07 Å². The summed E-state index contributed by atoms with van der Waals surface area (Å²) in [6.07, 6.45) is 0.405. The first kappa shape index (κ1) is 14.2. The van der Waals surface area contributed by atoms with E-state index in [2.05, 4.69) is 36.1 Å². The number of rotatable bonds is 4. The van der Waals surface area contributed by atoms with E-state index in [0.717, 1.165) is 17.0 Å². The highest BCUT2D eigenvalue weighted by molar-refractivity contribution is 5.67. The summed E-state index contributed by atoms with van der Waals surface area (Å²) in [5.74, 6) is 0.523. The Morgan fingerprint density at radius 2 is 1.85 bits per heavy atom. The molecule has 2 aromatic rings. The van der Waals surface area contributed by atoms with Gasteiger partial charge >= 0.3 is 5.97 Å². The van der Waals surface area contributed by atoms with E-state index in [4.69, 9.17) is 5.11 Å².